The van der Waals surface area contributed by atoms with Gasteiger partial charge in [-0.1, -0.05) is 75.0 Å². The van der Waals surface area contributed by atoms with Gasteiger partial charge in [0.15, 0.2) is 5.16 Å². The highest BCUT2D eigenvalue weighted by molar-refractivity contribution is 7.98. The van der Waals surface area contributed by atoms with Gasteiger partial charge in [-0.2, -0.15) is 36.4 Å². The van der Waals surface area contributed by atoms with Gasteiger partial charge in [-0.05, 0) is 60.0 Å². The fourth-order valence-electron chi connectivity index (χ4n) is 4.89. The number of halogens is 6. The van der Waals surface area contributed by atoms with E-state index in [0.717, 1.165) is 60.4 Å². The van der Waals surface area contributed by atoms with Crippen LogP contribution in [0.3, 0.4) is 0 Å². The first kappa shape index (κ1) is 37.6. The van der Waals surface area contributed by atoms with Crippen LogP contribution in [-0.4, -0.2) is 61.6 Å². The zero-order chi connectivity index (χ0) is 35.8. The Hall–Kier alpha value is -4.24. The molecule has 0 fully saturated rings. The lowest BCUT2D eigenvalue weighted by atomic mass is 10.0. The molecule has 262 valence electrons. The molecule has 49 heavy (non-hydrogen) atoms. The van der Waals surface area contributed by atoms with Gasteiger partial charge in [0, 0.05) is 31.6 Å². The second-order valence-corrected chi connectivity index (χ2v) is 12.1. The van der Waals surface area contributed by atoms with Crippen LogP contribution in [-0.2, 0) is 42.4 Å². The zero-order valence-electron chi connectivity index (χ0n) is 27.2. The Morgan fingerprint density at radius 1 is 0.816 bits per heavy atom. The van der Waals surface area contributed by atoms with Gasteiger partial charge in [-0.15, -0.1) is 0 Å². The van der Waals surface area contributed by atoms with E-state index in [2.05, 4.69) is 20.0 Å². The number of rotatable bonds is 14. The summed E-state index contributed by atoms with van der Waals surface area (Å²) >= 11 is 1.06. The van der Waals surface area contributed by atoms with Crippen molar-refractivity contribution in [2.45, 2.75) is 63.5 Å². The molecule has 0 N–H and O–H groups in total. The summed E-state index contributed by atoms with van der Waals surface area (Å²) in [6.45, 7) is 8.33. The Bertz CT molecular complexity index is 1740. The Morgan fingerprint density at radius 2 is 1.43 bits per heavy atom. The van der Waals surface area contributed by atoms with E-state index in [0.29, 0.717) is 24.2 Å². The Kier molecular flexibility index (Phi) is 12.6. The summed E-state index contributed by atoms with van der Waals surface area (Å²) in [7, 11) is 0. The number of carbonyl (C=O) groups excluding carboxylic acids is 1. The van der Waals surface area contributed by atoms with E-state index in [-0.39, 0.29) is 42.0 Å². The standard InChI is InChI=1S/C34H36F6N6O2S/c1-4-28-31(48)42-32(49-22-24-9-16-29(41-19-24)34(38,39)40)46(43-28)21-30(47)45(18-17-44(5-2)6-3)20-23-7-10-25(11-8-23)26-12-14-27(15-13-26)33(35,36)37/h7-16,19H,4-6,17-18,20-22H2,1-3H3. The number of thioether (sulfide) groups is 1. The molecule has 15 heteroatoms. The van der Waals surface area contributed by atoms with Crippen molar-refractivity contribution in [3.63, 3.8) is 0 Å². The quantitative estimate of drug-likeness (QED) is 0.104. The number of pyridine rings is 1. The van der Waals surface area contributed by atoms with Crippen LogP contribution in [0.2, 0.25) is 0 Å². The second-order valence-electron chi connectivity index (χ2n) is 11.1. The highest BCUT2D eigenvalue weighted by Crippen LogP contribution is 2.31. The predicted octanol–water partition coefficient (Wildman–Crippen LogP) is 6.96. The molecule has 2 heterocycles. The van der Waals surface area contributed by atoms with Crippen molar-refractivity contribution in [2.75, 3.05) is 26.2 Å². The van der Waals surface area contributed by atoms with Crippen LogP contribution < -0.4 is 5.56 Å². The fourth-order valence-corrected chi connectivity index (χ4v) is 5.76. The van der Waals surface area contributed by atoms with Crippen molar-refractivity contribution in [1.82, 2.24) is 29.5 Å². The van der Waals surface area contributed by atoms with E-state index in [1.807, 2.05) is 26.0 Å². The third-order valence-corrected chi connectivity index (χ3v) is 8.85. The summed E-state index contributed by atoms with van der Waals surface area (Å²) in [5, 5.41) is 4.54. The number of benzene rings is 2. The van der Waals surface area contributed by atoms with Crippen LogP contribution in [0.4, 0.5) is 26.3 Å². The van der Waals surface area contributed by atoms with Crippen molar-refractivity contribution in [3.05, 3.63) is 105 Å². The van der Waals surface area contributed by atoms with Gasteiger partial charge in [-0.3, -0.25) is 14.6 Å². The summed E-state index contributed by atoms with van der Waals surface area (Å²) < 4.78 is 79.2. The molecular formula is C34H36F6N6O2S. The van der Waals surface area contributed by atoms with Crippen molar-refractivity contribution < 1.29 is 31.1 Å². The molecule has 0 saturated heterocycles. The number of amides is 1. The predicted molar refractivity (Wildman–Crippen MR) is 175 cm³/mol. The average Bonchev–Trinajstić information content (AvgIpc) is 3.07. The molecule has 0 aliphatic heterocycles. The molecule has 0 bridgehead atoms. The number of carbonyl (C=O) groups is 1. The molecule has 0 spiro atoms. The van der Waals surface area contributed by atoms with Crippen molar-refractivity contribution in [3.8, 4) is 11.1 Å². The highest BCUT2D eigenvalue weighted by Gasteiger charge is 2.32. The van der Waals surface area contributed by atoms with Gasteiger partial charge < -0.3 is 9.80 Å². The van der Waals surface area contributed by atoms with Gasteiger partial charge in [0.05, 0.1) is 5.56 Å². The Balaban J connectivity index is 1.54. The molecule has 1 amide bonds. The second kappa shape index (κ2) is 16.4. The number of aromatic nitrogens is 4. The number of hydrogen-bond acceptors (Lipinski definition) is 7. The monoisotopic (exact) mass is 706 g/mol. The molecule has 4 aromatic rings. The third-order valence-electron chi connectivity index (χ3n) is 7.82. The molecule has 4 rings (SSSR count). The Labute approximate surface area is 284 Å². The molecule has 8 nitrogen and oxygen atoms in total. The number of alkyl halides is 6. The molecule has 0 atom stereocenters. The lowest BCUT2D eigenvalue weighted by Gasteiger charge is -2.27. The van der Waals surface area contributed by atoms with Crippen molar-refractivity contribution in [2.24, 2.45) is 0 Å². The number of nitrogens with zero attached hydrogens (tertiary/aromatic N) is 6. The van der Waals surface area contributed by atoms with Crippen LogP contribution in [0.25, 0.3) is 11.1 Å². The van der Waals surface area contributed by atoms with Gasteiger partial charge in [0.1, 0.15) is 17.9 Å². The van der Waals surface area contributed by atoms with Gasteiger partial charge >= 0.3 is 12.4 Å². The van der Waals surface area contributed by atoms with Gasteiger partial charge in [-0.25, -0.2) is 4.68 Å². The maximum Gasteiger partial charge on any atom is 0.433 e. The normalized spacial score (nSPS) is 12.0. The van der Waals surface area contributed by atoms with Crippen LogP contribution >= 0.6 is 11.8 Å². The fraction of sp³-hybridized carbons (Fsp3) is 0.382. The van der Waals surface area contributed by atoms with Crippen LogP contribution in [0, 0.1) is 0 Å². The summed E-state index contributed by atoms with van der Waals surface area (Å²) in [4.78, 5) is 37.9. The van der Waals surface area contributed by atoms with Crippen LogP contribution in [0.15, 0.2) is 76.8 Å². The van der Waals surface area contributed by atoms with Crippen LogP contribution in [0.5, 0.6) is 0 Å². The summed E-state index contributed by atoms with van der Waals surface area (Å²) in [6, 6.07) is 14.3. The maximum absolute atomic E-state index is 13.9. The SMILES string of the molecule is CCc1nn(CC(=O)N(CCN(CC)CC)Cc2ccc(-c3ccc(C(F)(F)F)cc3)cc2)c(SCc2ccc(C(F)(F)F)nc2)nc1=O. The summed E-state index contributed by atoms with van der Waals surface area (Å²) in [6.07, 6.45) is -7.61. The lowest BCUT2D eigenvalue weighted by Crippen LogP contribution is -2.40. The molecule has 0 radical (unpaired) electrons. The first-order chi connectivity index (χ1) is 23.2. The van der Waals surface area contributed by atoms with Gasteiger partial charge in [0.25, 0.3) is 5.56 Å². The van der Waals surface area contributed by atoms with Gasteiger partial charge in [0.2, 0.25) is 5.91 Å². The first-order valence-corrected chi connectivity index (χ1v) is 16.6. The minimum Gasteiger partial charge on any atom is -0.335 e. The molecular weight excluding hydrogens is 670 g/mol. The van der Waals surface area contributed by atoms with E-state index < -0.39 is 29.2 Å². The Morgan fingerprint density at radius 3 is 1.96 bits per heavy atom. The van der Waals surface area contributed by atoms with Crippen molar-refractivity contribution in [1.29, 1.82) is 0 Å². The maximum atomic E-state index is 13.9. The highest BCUT2D eigenvalue weighted by atomic mass is 32.2. The van der Waals surface area contributed by atoms with E-state index in [1.54, 1.807) is 24.0 Å². The molecule has 0 saturated carbocycles. The third kappa shape index (κ3) is 10.4. The molecule has 2 aromatic carbocycles. The largest absolute Gasteiger partial charge is 0.433 e. The first-order valence-electron chi connectivity index (χ1n) is 15.6. The average molecular weight is 707 g/mol. The zero-order valence-corrected chi connectivity index (χ0v) is 28.0. The number of hydrogen-bond donors (Lipinski definition) is 0. The smallest absolute Gasteiger partial charge is 0.335 e. The van der Waals surface area contributed by atoms with E-state index in [4.69, 9.17) is 0 Å². The molecule has 0 unspecified atom stereocenters. The molecule has 2 aromatic heterocycles. The minimum atomic E-state index is -4.57. The molecule has 0 aliphatic rings. The number of aryl methyl sites for hydroxylation is 1. The summed E-state index contributed by atoms with van der Waals surface area (Å²) in [5.74, 6) is -0.160. The van der Waals surface area contributed by atoms with E-state index >= 15 is 0 Å². The lowest BCUT2D eigenvalue weighted by molar-refractivity contribution is -0.141. The minimum absolute atomic E-state index is 0.135. The topological polar surface area (TPSA) is 84.2 Å². The summed E-state index contributed by atoms with van der Waals surface area (Å²) in [5.41, 5.74) is 0.474. The molecule has 0 aliphatic carbocycles. The number of likely N-dealkylation sites (N-methyl/N-ethyl adjacent to an activating group) is 1. The van der Waals surface area contributed by atoms with E-state index in [9.17, 15) is 35.9 Å². The van der Waals surface area contributed by atoms with E-state index in [1.165, 1.54) is 22.9 Å². The van der Waals surface area contributed by atoms with Crippen LogP contribution in [0.1, 0.15) is 48.8 Å². The van der Waals surface area contributed by atoms with Crippen molar-refractivity contribution >= 4 is 17.7 Å².